The van der Waals surface area contributed by atoms with E-state index in [-0.39, 0.29) is 0 Å². The molecule has 0 radical (unpaired) electrons. The molecule has 1 nitrogen and oxygen atoms in total. The third-order valence-electron chi connectivity index (χ3n) is 4.24. The Morgan fingerprint density at radius 2 is 1.15 bits per heavy atom. The van der Waals surface area contributed by atoms with E-state index in [1.165, 1.54) is 81.1 Å². The van der Waals surface area contributed by atoms with E-state index >= 15 is 0 Å². The molecule has 0 aliphatic carbocycles. The van der Waals surface area contributed by atoms with Gasteiger partial charge in [0.15, 0.2) is 0 Å². The summed E-state index contributed by atoms with van der Waals surface area (Å²) in [5.41, 5.74) is 0. The molecular formula is C20H29NS6. The van der Waals surface area contributed by atoms with Crippen LogP contribution in [0.3, 0.4) is 0 Å². The number of hydrogen-bond acceptors (Lipinski definition) is 6. The van der Waals surface area contributed by atoms with Gasteiger partial charge in [-0.15, -0.1) is 23.5 Å². The maximum absolute atomic E-state index is 3.22. The Bertz CT molecular complexity index is 613. The predicted molar refractivity (Wildman–Crippen MR) is 135 cm³/mol. The summed E-state index contributed by atoms with van der Waals surface area (Å²) in [5.74, 6) is 2.54. The van der Waals surface area contributed by atoms with Gasteiger partial charge in [-0.1, -0.05) is 99.4 Å². The summed E-state index contributed by atoms with van der Waals surface area (Å²) in [4.78, 5) is 6.00. The molecule has 0 atom stereocenters. The van der Waals surface area contributed by atoms with Crippen molar-refractivity contribution in [3.05, 3.63) is 29.3 Å². The van der Waals surface area contributed by atoms with E-state index in [0.717, 1.165) is 0 Å². The zero-order valence-electron chi connectivity index (χ0n) is 16.2. The van der Waals surface area contributed by atoms with Gasteiger partial charge in [0.25, 0.3) is 0 Å². The van der Waals surface area contributed by atoms with Crippen LogP contribution in [-0.2, 0) is 0 Å². The van der Waals surface area contributed by atoms with E-state index in [1.54, 1.807) is 8.47 Å². The molecule has 1 N–H and O–H groups in total. The minimum atomic E-state index is 1.27. The molecule has 3 heterocycles. The summed E-state index contributed by atoms with van der Waals surface area (Å²) in [6.45, 7) is 4.58. The first kappa shape index (κ1) is 22.5. The average Bonchev–Trinajstić information content (AvgIpc) is 3.36. The van der Waals surface area contributed by atoms with Crippen molar-refractivity contribution in [1.82, 2.24) is 4.98 Å². The molecule has 27 heavy (non-hydrogen) atoms. The number of rotatable bonds is 12. The van der Waals surface area contributed by atoms with Crippen molar-refractivity contribution in [2.45, 2.75) is 75.0 Å². The third-order valence-corrected chi connectivity index (χ3v) is 13.0. The van der Waals surface area contributed by atoms with Crippen molar-refractivity contribution < 1.29 is 0 Å². The lowest BCUT2D eigenvalue weighted by atomic mass is 10.2. The second-order valence-corrected chi connectivity index (χ2v) is 13.9. The molecule has 150 valence electrons. The summed E-state index contributed by atoms with van der Waals surface area (Å²) in [5, 5.41) is 0. The van der Waals surface area contributed by atoms with Gasteiger partial charge >= 0.3 is 0 Å². The molecule has 7 heteroatoms. The highest BCUT2D eigenvalue weighted by molar-refractivity contribution is 8.42. The third kappa shape index (κ3) is 6.95. The molecule has 1 aromatic rings. The maximum atomic E-state index is 3.22. The van der Waals surface area contributed by atoms with Gasteiger partial charge in [-0.05, 0) is 24.3 Å². The summed E-state index contributed by atoms with van der Waals surface area (Å²) >= 11 is 12.1. The van der Waals surface area contributed by atoms with Gasteiger partial charge in [0, 0.05) is 22.2 Å². The van der Waals surface area contributed by atoms with E-state index in [0.29, 0.717) is 0 Å². The number of unbranched alkanes of at least 4 members (excludes halogenated alkanes) is 6. The van der Waals surface area contributed by atoms with Crippen molar-refractivity contribution >= 4 is 70.6 Å². The highest BCUT2D eigenvalue weighted by atomic mass is 32.3. The lowest BCUT2D eigenvalue weighted by Crippen LogP contribution is -1.83. The molecule has 0 saturated heterocycles. The van der Waals surface area contributed by atoms with Gasteiger partial charge in [-0.2, -0.15) is 0 Å². The first-order chi connectivity index (χ1) is 13.3. The van der Waals surface area contributed by atoms with Crippen LogP contribution in [0.1, 0.15) is 65.2 Å². The minimum absolute atomic E-state index is 1.27. The van der Waals surface area contributed by atoms with Crippen LogP contribution in [0.15, 0.2) is 39.1 Å². The number of aromatic amines is 1. The number of fused-ring (bicyclic) bond motifs is 1. The maximum Gasteiger partial charge on any atom is 0.0717 e. The predicted octanol–water partition coefficient (Wildman–Crippen LogP) is 9.57. The lowest BCUT2D eigenvalue weighted by molar-refractivity contribution is 0.707. The van der Waals surface area contributed by atoms with E-state index < -0.39 is 0 Å². The van der Waals surface area contributed by atoms with Crippen LogP contribution in [0.4, 0.5) is 0 Å². The van der Waals surface area contributed by atoms with Crippen molar-refractivity contribution in [2.75, 3.05) is 11.5 Å². The van der Waals surface area contributed by atoms with Crippen LogP contribution in [0.25, 0.3) is 0 Å². The van der Waals surface area contributed by atoms with Gasteiger partial charge in [-0.25, -0.2) is 0 Å². The molecule has 0 unspecified atom stereocenters. The van der Waals surface area contributed by atoms with Gasteiger partial charge < -0.3 is 4.98 Å². The van der Waals surface area contributed by atoms with Gasteiger partial charge in [-0.3, -0.25) is 0 Å². The highest BCUT2D eigenvalue weighted by Gasteiger charge is 2.29. The van der Waals surface area contributed by atoms with E-state index in [9.17, 15) is 0 Å². The first-order valence-corrected chi connectivity index (χ1v) is 15.2. The molecule has 0 spiro atoms. The van der Waals surface area contributed by atoms with Crippen molar-refractivity contribution in [3.8, 4) is 0 Å². The van der Waals surface area contributed by atoms with E-state index in [2.05, 4.69) is 54.7 Å². The number of hydrogen-bond donors (Lipinski definition) is 1. The standard InChI is InChI=1S/C20H29NS6/c1-3-5-7-9-11-22-17-18(23-12-10-8-6-4-2)27-20(26-17)19-24-15-13-21-14-16(15)25-19/h13-14,21H,3-12H2,1-2H3. The van der Waals surface area contributed by atoms with E-state index in [1.807, 2.05) is 47.0 Å². The quantitative estimate of drug-likeness (QED) is 0.301. The number of thioether (sulfide) groups is 6. The van der Waals surface area contributed by atoms with Crippen molar-refractivity contribution in [1.29, 1.82) is 0 Å². The zero-order valence-corrected chi connectivity index (χ0v) is 21.1. The summed E-state index contributed by atoms with van der Waals surface area (Å²) < 4.78 is 6.13. The first-order valence-electron chi connectivity index (χ1n) is 9.94. The molecule has 2 aliphatic heterocycles. The topological polar surface area (TPSA) is 15.8 Å². The van der Waals surface area contributed by atoms with Crippen molar-refractivity contribution in [2.24, 2.45) is 0 Å². The molecule has 0 fully saturated rings. The van der Waals surface area contributed by atoms with Crippen LogP contribution in [0.5, 0.6) is 0 Å². The summed E-state index contributed by atoms with van der Waals surface area (Å²) in [6, 6.07) is 0. The van der Waals surface area contributed by atoms with E-state index in [4.69, 9.17) is 0 Å². The fourth-order valence-electron chi connectivity index (χ4n) is 2.72. The summed E-state index contributed by atoms with van der Waals surface area (Å²) in [6.07, 6.45) is 15.1. The molecular weight excluding hydrogens is 447 g/mol. The minimum Gasteiger partial charge on any atom is -0.366 e. The fraction of sp³-hybridized carbons (Fsp3) is 0.600. The van der Waals surface area contributed by atoms with Crippen molar-refractivity contribution in [3.63, 3.8) is 0 Å². The van der Waals surface area contributed by atoms with Crippen LogP contribution >= 0.6 is 70.6 Å². The van der Waals surface area contributed by atoms with Gasteiger partial charge in [0.1, 0.15) is 0 Å². The fourth-order valence-corrected chi connectivity index (χ4v) is 11.4. The molecule has 0 amide bonds. The monoisotopic (exact) mass is 475 g/mol. The Kier molecular flexibility index (Phi) is 10.5. The van der Waals surface area contributed by atoms with Crippen LogP contribution < -0.4 is 0 Å². The van der Waals surface area contributed by atoms with Crippen LogP contribution in [-0.4, -0.2) is 16.5 Å². The Morgan fingerprint density at radius 3 is 1.63 bits per heavy atom. The molecule has 0 aromatic carbocycles. The zero-order chi connectivity index (χ0) is 18.9. The Balaban J connectivity index is 1.55. The Labute approximate surface area is 190 Å². The number of nitrogens with one attached hydrogen (secondary N) is 1. The van der Waals surface area contributed by atoms with Gasteiger partial charge in [0.2, 0.25) is 0 Å². The molecule has 1 aromatic heterocycles. The largest absolute Gasteiger partial charge is 0.366 e. The molecule has 0 saturated carbocycles. The normalized spacial score (nSPS) is 16.7. The highest BCUT2D eigenvalue weighted by Crippen LogP contribution is 2.64. The smallest absolute Gasteiger partial charge is 0.0717 e. The van der Waals surface area contributed by atoms with Gasteiger partial charge in [0.05, 0.1) is 16.9 Å². The average molecular weight is 476 g/mol. The molecule has 2 aliphatic rings. The lowest BCUT2D eigenvalue weighted by Gasteiger charge is -2.05. The van der Waals surface area contributed by atoms with Crippen LogP contribution in [0.2, 0.25) is 0 Å². The van der Waals surface area contributed by atoms with Crippen LogP contribution in [0, 0.1) is 0 Å². The number of aromatic nitrogens is 1. The second kappa shape index (κ2) is 12.5. The Hall–Kier alpha value is 0.860. The SMILES string of the molecule is CCCCCCSC1=C(SCCCCCC)SC(=C2Sc3c[nH]cc3S2)S1. The number of H-pyrrole nitrogens is 1. The second-order valence-electron chi connectivity index (χ2n) is 6.56. The Morgan fingerprint density at radius 1 is 0.667 bits per heavy atom. The molecule has 0 bridgehead atoms. The summed E-state index contributed by atoms with van der Waals surface area (Å²) in [7, 11) is 0. The molecule has 3 rings (SSSR count).